The molecule has 0 saturated carbocycles. The molecule has 0 spiro atoms. The first-order chi connectivity index (χ1) is 18.7. The first-order valence-electron chi connectivity index (χ1n) is 11.9. The van der Waals surface area contributed by atoms with E-state index in [-0.39, 0.29) is 72.5 Å². The van der Waals surface area contributed by atoms with E-state index in [9.17, 15) is 14.0 Å². The van der Waals surface area contributed by atoms with Gasteiger partial charge in [0, 0.05) is 31.0 Å². The van der Waals surface area contributed by atoms with Crippen LogP contribution in [0.4, 0.5) is 10.3 Å². The normalized spacial score (nSPS) is 15.4. The molecular weight excluding hydrogens is 531 g/mol. The number of carbonyl (C=O) groups is 2. The number of fused-ring (bicyclic) bond motifs is 1. The molecule has 0 unspecified atom stereocenters. The standard InChI is InChI=1S/C25H22ClFN8O4/c1-14-30-23(33-39-14)25(2,38-13-36)8-5-15-3-4-17-19(11-15)35(21-18(26)12-29-24(28)31-21)32-20(17)22(37)34-9-6-16(27)7-10-34/h3-4,11-13,16H,6-7,9-10H2,1-2H3,(H2,28,29,31)/t25-/m1/s1. The van der Waals surface area contributed by atoms with Crippen LogP contribution in [-0.2, 0) is 15.1 Å². The second-order valence-electron chi connectivity index (χ2n) is 8.99. The van der Waals surface area contributed by atoms with E-state index >= 15 is 0 Å². The minimum Gasteiger partial charge on any atom is -0.440 e. The summed E-state index contributed by atoms with van der Waals surface area (Å²) < 4.78 is 25.3. The van der Waals surface area contributed by atoms with Crippen LogP contribution in [0.5, 0.6) is 0 Å². The molecule has 0 bridgehead atoms. The Hall–Kier alpha value is -4.57. The summed E-state index contributed by atoms with van der Waals surface area (Å²) in [5.74, 6) is 5.98. The smallest absolute Gasteiger partial charge is 0.294 e. The van der Waals surface area contributed by atoms with Gasteiger partial charge in [-0.25, -0.2) is 14.1 Å². The van der Waals surface area contributed by atoms with Crippen LogP contribution in [0.25, 0.3) is 16.7 Å². The Morgan fingerprint density at radius 2 is 2.10 bits per heavy atom. The number of nitrogen functional groups attached to an aromatic ring is 1. The number of piperidine rings is 1. The number of carbonyl (C=O) groups excluding carboxylic acids is 2. The summed E-state index contributed by atoms with van der Waals surface area (Å²) in [7, 11) is 0. The fourth-order valence-corrected chi connectivity index (χ4v) is 4.32. The van der Waals surface area contributed by atoms with Crippen molar-refractivity contribution in [2.24, 2.45) is 0 Å². The Kier molecular flexibility index (Phi) is 6.88. The summed E-state index contributed by atoms with van der Waals surface area (Å²) >= 11 is 6.37. The number of anilines is 1. The summed E-state index contributed by atoms with van der Waals surface area (Å²) in [6, 6.07) is 5.05. The number of aryl methyl sites for hydroxylation is 1. The van der Waals surface area contributed by atoms with E-state index in [1.807, 2.05) is 0 Å². The van der Waals surface area contributed by atoms with E-state index in [0.29, 0.717) is 16.5 Å². The molecule has 3 aromatic heterocycles. The average Bonchev–Trinajstić information content (AvgIpc) is 3.53. The zero-order valence-corrected chi connectivity index (χ0v) is 21.6. The minimum absolute atomic E-state index is 0.0379. The first-order valence-corrected chi connectivity index (χ1v) is 12.3. The van der Waals surface area contributed by atoms with Crippen molar-refractivity contribution in [3.63, 3.8) is 0 Å². The van der Waals surface area contributed by atoms with E-state index in [1.54, 1.807) is 30.0 Å². The number of amides is 1. The maximum absolute atomic E-state index is 13.7. The van der Waals surface area contributed by atoms with Crippen LogP contribution in [0, 0.1) is 18.8 Å². The van der Waals surface area contributed by atoms with Crippen LogP contribution in [0.15, 0.2) is 28.9 Å². The van der Waals surface area contributed by atoms with E-state index in [1.165, 1.54) is 17.8 Å². The van der Waals surface area contributed by atoms with E-state index in [2.05, 4.69) is 37.0 Å². The van der Waals surface area contributed by atoms with Gasteiger partial charge in [0.2, 0.25) is 23.3 Å². The first kappa shape index (κ1) is 26.1. The van der Waals surface area contributed by atoms with Gasteiger partial charge in [0.1, 0.15) is 11.2 Å². The molecule has 1 saturated heterocycles. The second-order valence-corrected chi connectivity index (χ2v) is 9.40. The highest BCUT2D eigenvalue weighted by atomic mass is 35.5. The van der Waals surface area contributed by atoms with Gasteiger partial charge in [-0.1, -0.05) is 22.7 Å². The number of nitrogens with two attached hydrogens (primary N) is 1. The number of rotatable bonds is 5. The van der Waals surface area contributed by atoms with Gasteiger partial charge < -0.3 is 19.9 Å². The lowest BCUT2D eigenvalue weighted by Crippen LogP contribution is -2.39. The lowest BCUT2D eigenvalue weighted by molar-refractivity contribution is -0.138. The van der Waals surface area contributed by atoms with Crippen molar-refractivity contribution >= 4 is 40.8 Å². The third-order valence-electron chi connectivity index (χ3n) is 6.22. The van der Waals surface area contributed by atoms with Crippen LogP contribution >= 0.6 is 11.6 Å². The maximum atomic E-state index is 13.7. The largest absolute Gasteiger partial charge is 0.440 e. The molecule has 4 heterocycles. The van der Waals surface area contributed by atoms with Crippen molar-refractivity contribution in [2.45, 2.75) is 38.5 Å². The highest BCUT2D eigenvalue weighted by Gasteiger charge is 2.32. The molecule has 1 aliphatic heterocycles. The number of hydrogen-bond donors (Lipinski definition) is 1. The fraction of sp³-hybridized carbons (Fsp3) is 0.320. The molecule has 1 amide bonds. The van der Waals surface area contributed by atoms with Crippen molar-refractivity contribution in [1.82, 2.24) is 34.8 Å². The molecule has 1 aromatic carbocycles. The summed E-state index contributed by atoms with van der Waals surface area (Å²) in [6.45, 7) is 3.95. The molecule has 1 fully saturated rings. The van der Waals surface area contributed by atoms with Gasteiger partial charge in [-0.2, -0.15) is 15.1 Å². The number of likely N-dealkylation sites (tertiary alicyclic amines) is 1. The van der Waals surface area contributed by atoms with Gasteiger partial charge in [0.25, 0.3) is 12.4 Å². The van der Waals surface area contributed by atoms with Gasteiger partial charge in [0.05, 0.1) is 11.7 Å². The summed E-state index contributed by atoms with van der Waals surface area (Å²) in [6.07, 6.45) is 0.927. The van der Waals surface area contributed by atoms with E-state index < -0.39 is 11.8 Å². The molecule has 0 aliphatic carbocycles. The summed E-state index contributed by atoms with van der Waals surface area (Å²) in [5.41, 5.74) is 5.40. The lowest BCUT2D eigenvalue weighted by Gasteiger charge is -2.28. The van der Waals surface area contributed by atoms with Gasteiger partial charge in [-0.15, -0.1) is 0 Å². The predicted octanol–water partition coefficient (Wildman–Crippen LogP) is 2.76. The summed E-state index contributed by atoms with van der Waals surface area (Å²) in [5, 5.41) is 9.01. The second kappa shape index (κ2) is 10.3. The number of aromatic nitrogens is 6. The van der Waals surface area contributed by atoms with Crippen molar-refractivity contribution in [2.75, 3.05) is 18.8 Å². The predicted molar refractivity (Wildman–Crippen MR) is 137 cm³/mol. The Morgan fingerprint density at radius 3 is 2.79 bits per heavy atom. The highest BCUT2D eigenvalue weighted by molar-refractivity contribution is 6.32. The Labute approximate surface area is 226 Å². The number of benzene rings is 1. The number of ether oxygens (including phenoxy) is 1. The molecule has 39 heavy (non-hydrogen) atoms. The maximum Gasteiger partial charge on any atom is 0.294 e. The zero-order chi connectivity index (χ0) is 27.7. The molecular formula is C25H22ClFN8O4. The molecule has 1 atom stereocenters. The quantitative estimate of drug-likeness (QED) is 0.288. The monoisotopic (exact) mass is 552 g/mol. The third-order valence-corrected chi connectivity index (χ3v) is 6.49. The van der Waals surface area contributed by atoms with Crippen molar-refractivity contribution in [3.05, 3.63) is 52.4 Å². The molecule has 1 aliphatic rings. The summed E-state index contributed by atoms with van der Waals surface area (Å²) in [4.78, 5) is 38.4. The van der Waals surface area contributed by atoms with Crippen molar-refractivity contribution < 1.29 is 23.2 Å². The highest BCUT2D eigenvalue weighted by Crippen LogP contribution is 2.28. The van der Waals surface area contributed by atoms with Gasteiger partial charge >= 0.3 is 0 Å². The topological polar surface area (TPSA) is 155 Å². The zero-order valence-electron chi connectivity index (χ0n) is 20.9. The van der Waals surface area contributed by atoms with Crippen LogP contribution in [-0.4, -0.2) is 66.4 Å². The van der Waals surface area contributed by atoms with Gasteiger partial charge in [-0.3, -0.25) is 9.59 Å². The fourth-order valence-electron chi connectivity index (χ4n) is 4.15. The molecule has 14 heteroatoms. The molecule has 200 valence electrons. The molecule has 5 rings (SSSR count). The van der Waals surface area contributed by atoms with Crippen LogP contribution < -0.4 is 5.73 Å². The molecule has 0 radical (unpaired) electrons. The number of nitrogens with zero attached hydrogens (tertiary/aromatic N) is 7. The van der Waals surface area contributed by atoms with Gasteiger partial charge in [0.15, 0.2) is 11.5 Å². The average molecular weight is 553 g/mol. The Balaban J connectivity index is 1.62. The van der Waals surface area contributed by atoms with Crippen LogP contribution in [0.2, 0.25) is 5.02 Å². The number of hydrogen-bond acceptors (Lipinski definition) is 10. The number of alkyl halides is 1. The SMILES string of the molecule is Cc1nc([C@@](C)(C#Cc2ccc3c(C(=O)N4CCC(F)CC4)nn(-c4nc(N)ncc4Cl)c3c2)OC=O)no1. The van der Waals surface area contributed by atoms with Crippen LogP contribution in [0.1, 0.15) is 47.5 Å². The number of halogens is 2. The van der Waals surface area contributed by atoms with Crippen LogP contribution in [0.3, 0.4) is 0 Å². The minimum atomic E-state index is -1.48. The van der Waals surface area contributed by atoms with E-state index in [4.69, 9.17) is 26.6 Å². The third kappa shape index (κ3) is 5.10. The van der Waals surface area contributed by atoms with Crippen molar-refractivity contribution in [3.8, 4) is 17.7 Å². The molecule has 4 aromatic rings. The Bertz CT molecular complexity index is 1640. The molecule has 12 nitrogen and oxygen atoms in total. The lowest BCUT2D eigenvalue weighted by atomic mass is 10.0. The Morgan fingerprint density at radius 1 is 1.33 bits per heavy atom. The molecule has 2 N–H and O–H groups in total. The van der Waals surface area contributed by atoms with Gasteiger partial charge in [-0.05, 0) is 43.9 Å². The van der Waals surface area contributed by atoms with Crippen molar-refractivity contribution in [1.29, 1.82) is 0 Å². The van der Waals surface area contributed by atoms with E-state index in [0.717, 1.165) is 0 Å².